The highest BCUT2D eigenvalue weighted by Gasteiger charge is 2.37. The minimum atomic E-state index is -1.82. The lowest BCUT2D eigenvalue weighted by molar-refractivity contribution is -0.112. The van der Waals surface area contributed by atoms with Crippen LogP contribution in [0.2, 0.25) is 0 Å². The molecule has 3 nitrogen and oxygen atoms in total. The molecule has 0 spiro atoms. The van der Waals surface area contributed by atoms with Crippen LogP contribution >= 0.6 is 10.0 Å². The number of rotatable bonds is 4. The van der Waals surface area contributed by atoms with Gasteiger partial charge in [0.05, 0.1) is 10.5 Å². The third kappa shape index (κ3) is 2.85. The fourth-order valence-corrected chi connectivity index (χ4v) is 6.15. The highest BCUT2D eigenvalue weighted by molar-refractivity contribution is 8.47. The van der Waals surface area contributed by atoms with Crippen molar-refractivity contribution in [1.82, 2.24) is 0 Å². The Balaban J connectivity index is 1.80. The topological polar surface area (TPSA) is 41.5 Å². The van der Waals surface area contributed by atoms with Gasteiger partial charge in [0.2, 0.25) is 0 Å². The predicted molar refractivity (Wildman–Crippen MR) is 109 cm³/mol. The standard InChI is InChI=1S/C22H18N2OS/c25-22(24-18-10-4-1-5-11-18)21-16-23-17-26(21,19-12-6-2-7-13-19)20-14-8-3-9-15-20/h1-17H,(H,24,25). The predicted octanol–water partition coefficient (Wildman–Crippen LogP) is 5.43. The van der Waals surface area contributed by atoms with Gasteiger partial charge < -0.3 is 5.32 Å². The first kappa shape index (κ1) is 16.4. The molecule has 128 valence electrons. The molecule has 0 bridgehead atoms. The van der Waals surface area contributed by atoms with Crippen LogP contribution in [0.25, 0.3) is 0 Å². The van der Waals surface area contributed by atoms with E-state index in [0.29, 0.717) is 4.91 Å². The summed E-state index contributed by atoms with van der Waals surface area (Å²) in [5.74, 6) is -0.114. The SMILES string of the molecule is O=C(Nc1ccccc1)C1=CN=CS1(c1ccccc1)c1ccccc1. The zero-order chi connectivity index (χ0) is 17.8. The molecule has 1 amide bonds. The van der Waals surface area contributed by atoms with Gasteiger partial charge in [-0.3, -0.25) is 9.79 Å². The number of nitrogens with zero attached hydrogens (tertiary/aromatic N) is 1. The maximum Gasteiger partial charge on any atom is 0.263 e. The first-order chi connectivity index (χ1) is 12.8. The van der Waals surface area contributed by atoms with E-state index in [9.17, 15) is 4.79 Å². The van der Waals surface area contributed by atoms with Crippen LogP contribution < -0.4 is 5.32 Å². The van der Waals surface area contributed by atoms with Crippen molar-refractivity contribution in [3.63, 3.8) is 0 Å². The van der Waals surface area contributed by atoms with E-state index >= 15 is 0 Å². The molecule has 0 radical (unpaired) electrons. The summed E-state index contributed by atoms with van der Waals surface area (Å²) in [5, 5.41) is 3.01. The van der Waals surface area contributed by atoms with Crippen molar-refractivity contribution in [3.8, 4) is 0 Å². The Morgan fingerprint density at radius 1 is 0.731 bits per heavy atom. The zero-order valence-electron chi connectivity index (χ0n) is 14.1. The molecule has 0 saturated carbocycles. The maximum absolute atomic E-state index is 13.1. The molecule has 0 fully saturated rings. The summed E-state index contributed by atoms with van der Waals surface area (Å²) in [4.78, 5) is 20.5. The van der Waals surface area contributed by atoms with Crippen molar-refractivity contribution in [3.05, 3.63) is 102 Å². The molecule has 3 aromatic rings. The molecule has 0 atom stereocenters. The van der Waals surface area contributed by atoms with Gasteiger partial charge in [-0.2, -0.15) is 0 Å². The van der Waals surface area contributed by atoms with Gasteiger partial charge in [0.1, 0.15) is 0 Å². The number of anilines is 1. The molecular formula is C22H18N2OS. The van der Waals surface area contributed by atoms with E-state index in [1.165, 1.54) is 0 Å². The number of nitrogens with one attached hydrogen (secondary N) is 1. The van der Waals surface area contributed by atoms with Crippen LogP contribution in [0.4, 0.5) is 5.69 Å². The van der Waals surface area contributed by atoms with Gasteiger partial charge in [-0.25, -0.2) is 0 Å². The van der Waals surface area contributed by atoms with Crippen molar-refractivity contribution in [1.29, 1.82) is 0 Å². The van der Waals surface area contributed by atoms with Crippen LogP contribution in [-0.2, 0) is 4.79 Å². The summed E-state index contributed by atoms with van der Waals surface area (Å²) < 4.78 is 0. The third-order valence-electron chi connectivity index (χ3n) is 4.24. The van der Waals surface area contributed by atoms with Crippen molar-refractivity contribution in [2.24, 2.45) is 4.99 Å². The molecule has 0 unspecified atom stereocenters. The van der Waals surface area contributed by atoms with Crippen molar-refractivity contribution >= 4 is 27.2 Å². The molecule has 4 rings (SSSR count). The number of carbonyl (C=O) groups is 1. The molecule has 26 heavy (non-hydrogen) atoms. The van der Waals surface area contributed by atoms with Crippen LogP contribution in [0.1, 0.15) is 0 Å². The number of amides is 1. The molecule has 0 aromatic heterocycles. The van der Waals surface area contributed by atoms with E-state index in [2.05, 4.69) is 34.6 Å². The zero-order valence-corrected chi connectivity index (χ0v) is 14.9. The Morgan fingerprint density at radius 3 is 1.77 bits per heavy atom. The normalized spacial score (nSPS) is 15.9. The van der Waals surface area contributed by atoms with Crippen LogP contribution in [0.3, 0.4) is 0 Å². The van der Waals surface area contributed by atoms with E-state index < -0.39 is 10.0 Å². The van der Waals surface area contributed by atoms with E-state index in [-0.39, 0.29) is 5.91 Å². The minimum Gasteiger partial charge on any atom is -0.322 e. The molecule has 1 heterocycles. The van der Waals surface area contributed by atoms with E-state index in [1.807, 2.05) is 72.3 Å². The summed E-state index contributed by atoms with van der Waals surface area (Å²) in [6, 6.07) is 29.8. The Bertz CT molecular complexity index is 927. The number of hydrogen-bond donors (Lipinski definition) is 1. The van der Waals surface area contributed by atoms with Crippen LogP contribution in [0.5, 0.6) is 0 Å². The van der Waals surface area contributed by atoms with Crippen LogP contribution in [0.15, 0.2) is 117 Å². The van der Waals surface area contributed by atoms with Crippen molar-refractivity contribution in [2.75, 3.05) is 5.32 Å². The summed E-state index contributed by atoms with van der Waals surface area (Å²) in [7, 11) is -1.82. The Kier molecular flexibility index (Phi) is 4.42. The smallest absolute Gasteiger partial charge is 0.263 e. The molecule has 3 aromatic carbocycles. The lowest BCUT2D eigenvalue weighted by atomic mass is 10.3. The molecule has 1 N–H and O–H groups in total. The van der Waals surface area contributed by atoms with Gasteiger partial charge in [0, 0.05) is 21.7 Å². The number of para-hydroxylation sites is 1. The van der Waals surface area contributed by atoms with E-state index in [0.717, 1.165) is 15.5 Å². The highest BCUT2D eigenvalue weighted by Crippen LogP contribution is 2.68. The molecule has 1 aliphatic heterocycles. The molecule has 0 aliphatic carbocycles. The maximum atomic E-state index is 13.1. The fourth-order valence-electron chi connectivity index (χ4n) is 3.03. The van der Waals surface area contributed by atoms with E-state index in [4.69, 9.17) is 0 Å². The quantitative estimate of drug-likeness (QED) is 0.664. The third-order valence-corrected chi connectivity index (χ3v) is 7.70. The van der Waals surface area contributed by atoms with Crippen LogP contribution in [-0.4, -0.2) is 11.5 Å². The summed E-state index contributed by atoms with van der Waals surface area (Å²) in [6.07, 6.45) is 1.70. The second-order valence-corrected chi connectivity index (χ2v) is 8.77. The monoisotopic (exact) mass is 358 g/mol. The average Bonchev–Trinajstić information content (AvgIpc) is 3.16. The summed E-state index contributed by atoms with van der Waals surface area (Å²) in [6.45, 7) is 0. The van der Waals surface area contributed by atoms with Gasteiger partial charge >= 0.3 is 0 Å². The largest absolute Gasteiger partial charge is 0.322 e. The van der Waals surface area contributed by atoms with Crippen molar-refractivity contribution in [2.45, 2.75) is 9.79 Å². The molecule has 4 heteroatoms. The number of hydrogen-bond acceptors (Lipinski definition) is 2. The minimum absolute atomic E-state index is 0.114. The Morgan fingerprint density at radius 2 is 1.23 bits per heavy atom. The highest BCUT2D eigenvalue weighted by atomic mass is 32.3. The van der Waals surface area contributed by atoms with Crippen LogP contribution in [0, 0.1) is 0 Å². The van der Waals surface area contributed by atoms with Gasteiger partial charge in [0.25, 0.3) is 5.91 Å². The van der Waals surface area contributed by atoms with E-state index in [1.54, 1.807) is 6.20 Å². The average molecular weight is 358 g/mol. The lowest BCUT2D eigenvalue weighted by Crippen LogP contribution is -2.19. The first-order valence-electron chi connectivity index (χ1n) is 8.34. The molecular weight excluding hydrogens is 340 g/mol. The first-order valence-corrected chi connectivity index (χ1v) is 10.0. The van der Waals surface area contributed by atoms with Gasteiger partial charge in [-0.15, -0.1) is 10.0 Å². The van der Waals surface area contributed by atoms with Crippen molar-refractivity contribution < 1.29 is 4.79 Å². The van der Waals surface area contributed by atoms with Gasteiger partial charge in [-0.1, -0.05) is 54.6 Å². The second kappa shape index (κ2) is 7.02. The summed E-state index contributed by atoms with van der Waals surface area (Å²) >= 11 is 0. The van der Waals surface area contributed by atoms with Gasteiger partial charge in [-0.05, 0) is 36.4 Å². The lowest BCUT2D eigenvalue weighted by Gasteiger charge is -2.35. The number of carbonyl (C=O) groups excluding carboxylic acids is 1. The fraction of sp³-hybridized carbons (Fsp3) is 0. The molecule has 0 saturated heterocycles. The number of aliphatic imine (C=N–C) groups is 1. The second-order valence-electron chi connectivity index (χ2n) is 5.85. The summed E-state index contributed by atoms with van der Waals surface area (Å²) in [5.41, 5.74) is 2.72. The Hall–Kier alpha value is -3.11. The Labute approximate surface area is 154 Å². The molecule has 1 aliphatic rings. The number of benzene rings is 3. The van der Waals surface area contributed by atoms with Gasteiger partial charge in [0.15, 0.2) is 0 Å².